The van der Waals surface area contributed by atoms with Crippen molar-refractivity contribution < 1.29 is 19.1 Å². The lowest BCUT2D eigenvalue weighted by molar-refractivity contribution is -0.146. The summed E-state index contributed by atoms with van der Waals surface area (Å²) in [7, 11) is 0. The van der Waals surface area contributed by atoms with Crippen LogP contribution in [0.5, 0.6) is 0 Å². The van der Waals surface area contributed by atoms with E-state index >= 15 is 0 Å². The first-order chi connectivity index (χ1) is 31.1. The van der Waals surface area contributed by atoms with Crippen LogP contribution in [0.15, 0.2) is 72.8 Å². The van der Waals surface area contributed by atoms with Gasteiger partial charge in [0.05, 0.1) is 12.8 Å². The van der Waals surface area contributed by atoms with Crippen molar-refractivity contribution >= 4 is 36.2 Å². The van der Waals surface area contributed by atoms with E-state index in [4.69, 9.17) is 9.47 Å². The van der Waals surface area contributed by atoms with Crippen molar-refractivity contribution in [3.8, 4) is 0 Å². The van der Waals surface area contributed by atoms with Crippen LogP contribution < -0.4 is 0 Å². The molecule has 0 amide bonds. The monoisotopic (exact) mass is 881 g/mol. The molecule has 0 radical (unpaired) electrons. The summed E-state index contributed by atoms with van der Waals surface area (Å²) in [5, 5.41) is 0. The van der Waals surface area contributed by atoms with Gasteiger partial charge in [0.2, 0.25) is 0 Å². The van der Waals surface area contributed by atoms with Gasteiger partial charge in [-0.3, -0.25) is 9.59 Å². The van der Waals surface area contributed by atoms with Gasteiger partial charge in [0, 0.05) is 65.4 Å². The molecule has 3 aromatic carbocycles. The fraction of sp³-hybridized carbons (Fsp3) is 0.556. The SMILES string of the molecule is CCN(CC)CCN(CCC(=O)OCc1ccc(/C=C/c2ccc(/C=C/c3ccc(COC(=O)CCN(CCN(CC)CC)CCN(CC)CC)cc3)cc2)cc1)CCN(CC)CC. The Hall–Kier alpha value is -4.16. The Morgan fingerprint density at radius 1 is 0.344 bits per heavy atom. The van der Waals surface area contributed by atoms with E-state index in [2.05, 4.69) is 158 Å². The number of nitrogens with zero attached hydrogens (tertiary/aromatic N) is 6. The molecule has 0 atom stereocenters. The molecule has 0 heterocycles. The van der Waals surface area contributed by atoms with E-state index in [0.717, 1.165) is 138 Å². The molecule has 0 aliphatic carbocycles. The van der Waals surface area contributed by atoms with Crippen molar-refractivity contribution in [3.63, 3.8) is 0 Å². The predicted molar refractivity (Wildman–Crippen MR) is 270 cm³/mol. The third kappa shape index (κ3) is 22.2. The lowest BCUT2D eigenvalue weighted by atomic mass is 10.1. The molecule has 3 aromatic rings. The number of rotatable bonds is 34. The molecule has 0 aromatic heterocycles. The van der Waals surface area contributed by atoms with E-state index in [-0.39, 0.29) is 25.2 Å². The summed E-state index contributed by atoms with van der Waals surface area (Å²) < 4.78 is 11.4. The zero-order valence-electron chi connectivity index (χ0n) is 41.1. The highest BCUT2D eigenvalue weighted by molar-refractivity contribution is 5.73. The summed E-state index contributed by atoms with van der Waals surface area (Å²) in [5.41, 5.74) is 6.37. The van der Waals surface area contributed by atoms with E-state index < -0.39 is 0 Å². The lowest BCUT2D eigenvalue weighted by Gasteiger charge is -2.28. The van der Waals surface area contributed by atoms with Crippen LogP contribution in [0.3, 0.4) is 0 Å². The van der Waals surface area contributed by atoms with Crippen LogP contribution in [0.25, 0.3) is 24.3 Å². The second-order valence-electron chi connectivity index (χ2n) is 16.4. The maximum Gasteiger partial charge on any atom is 0.307 e. The summed E-state index contributed by atoms with van der Waals surface area (Å²) in [6.45, 7) is 35.8. The Kier molecular flexibility index (Phi) is 27.5. The zero-order valence-corrected chi connectivity index (χ0v) is 41.1. The topological polar surface area (TPSA) is 72.0 Å². The quantitative estimate of drug-likeness (QED) is 0.0430. The normalized spacial score (nSPS) is 12.1. The van der Waals surface area contributed by atoms with Gasteiger partial charge < -0.3 is 38.9 Å². The maximum absolute atomic E-state index is 12.7. The van der Waals surface area contributed by atoms with Gasteiger partial charge in [-0.1, -0.05) is 152 Å². The largest absolute Gasteiger partial charge is 0.461 e. The molecule has 0 saturated carbocycles. The number of esters is 2. The molecular formula is C54H84N6O4. The highest BCUT2D eigenvalue weighted by Crippen LogP contribution is 2.15. The number of benzene rings is 3. The van der Waals surface area contributed by atoms with E-state index in [1.165, 1.54) is 0 Å². The van der Waals surface area contributed by atoms with Crippen LogP contribution in [-0.4, -0.2) is 159 Å². The van der Waals surface area contributed by atoms with Gasteiger partial charge in [-0.15, -0.1) is 0 Å². The smallest absolute Gasteiger partial charge is 0.307 e. The average molecular weight is 881 g/mol. The molecule has 10 heteroatoms. The summed E-state index contributed by atoms with van der Waals surface area (Å²) >= 11 is 0. The van der Waals surface area contributed by atoms with Crippen molar-refractivity contribution in [1.29, 1.82) is 0 Å². The van der Waals surface area contributed by atoms with Crippen LogP contribution in [0.2, 0.25) is 0 Å². The molecule has 3 rings (SSSR count). The predicted octanol–water partition coefficient (Wildman–Crippen LogP) is 8.87. The van der Waals surface area contributed by atoms with E-state index in [1.54, 1.807) is 0 Å². The Labute approximate surface area is 388 Å². The van der Waals surface area contributed by atoms with Crippen LogP contribution in [0, 0.1) is 0 Å². The van der Waals surface area contributed by atoms with Crippen molar-refractivity contribution in [2.75, 3.05) is 118 Å². The third-order valence-corrected chi connectivity index (χ3v) is 12.4. The minimum atomic E-state index is -0.151. The van der Waals surface area contributed by atoms with Crippen LogP contribution in [0.4, 0.5) is 0 Å². The van der Waals surface area contributed by atoms with Gasteiger partial charge in [-0.2, -0.15) is 0 Å². The average Bonchev–Trinajstić information content (AvgIpc) is 3.33. The van der Waals surface area contributed by atoms with Crippen molar-refractivity contribution in [3.05, 3.63) is 106 Å². The van der Waals surface area contributed by atoms with E-state index in [1.807, 2.05) is 24.3 Å². The number of likely N-dealkylation sites (N-methyl/N-ethyl adjacent to an activating group) is 4. The molecule has 0 aliphatic heterocycles. The second kappa shape index (κ2) is 32.5. The van der Waals surface area contributed by atoms with Crippen LogP contribution >= 0.6 is 0 Å². The molecule has 0 saturated heterocycles. The number of hydrogen-bond acceptors (Lipinski definition) is 10. The summed E-state index contributed by atoms with van der Waals surface area (Å²) in [5.74, 6) is -0.301. The summed E-state index contributed by atoms with van der Waals surface area (Å²) in [6.07, 6.45) is 9.21. The van der Waals surface area contributed by atoms with Crippen LogP contribution in [0.1, 0.15) is 102 Å². The molecule has 354 valence electrons. The van der Waals surface area contributed by atoms with E-state index in [0.29, 0.717) is 25.9 Å². The minimum absolute atomic E-state index is 0.151. The molecular weight excluding hydrogens is 797 g/mol. The fourth-order valence-corrected chi connectivity index (χ4v) is 7.49. The molecule has 0 spiro atoms. The molecule has 10 nitrogen and oxygen atoms in total. The van der Waals surface area contributed by atoms with Crippen molar-refractivity contribution in [2.45, 2.75) is 81.4 Å². The minimum Gasteiger partial charge on any atom is -0.461 e. The van der Waals surface area contributed by atoms with Gasteiger partial charge in [0.1, 0.15) is 13.2 Å². The van der Waals surface area contributed by atoms with E-state index in [9.17, 15) is 9.59 Å². The maximum atomic E-state index is 12.7. The number of hydrogen-bond donors (Lipinski definition) is 0. The fourth-order valence-electron chi connectivity index (χ4n) is 7.49. The number of carbonyl (C=O) groups excluding carboxylic acids is 2. The van der Waals surface area contributed by atoms with Gasteiger partial charge in [-0.05, 0) is 85.7 Å². The molecule has 64 heavy (non-hydrogen) atoms. The Bertz CT molecular complexity index is 1570. The van der Waals surface area contributed by atoms with Crippen LogP contribution in [-0.2, 0) is 32.3 Å². The second-order valence-corrected chi connectivity index (χ2v) is 16.4. The third-order valence-electron chi connectivity index (χ3n) is 12.4. The zero-order chi connectivity index (χ0) is 46.4. The molecule has 0 aliphatic rings. The Balaban J connectivity index is 1.41. The van der Waals surface area contributed by atoms with Gasteiger partial charge in [-0.25, -0.2) is 0 Å². The molecule has 0 bridgehead atoms. The summed E-state index contributed by atoms with van der Waals surface area (Å²) in [6, 6.07) is 24.8. The first kappa shape index (κ1) is 54.2. The Morgan fingerprint density at radius 2 is 0.562 bits per heavy atom. The van der Waals surface area contributed by atoms with Gasteiger partial charge >= 0.3 is 11.9 Å². The highest BCUT2D eigenvalue weighted by atomic mass is 16.5. The molecule has 0 fully saturated rings. The lowest BCUT2D eigenvalue weighted by Crippen LogP contribution is -2.40. The number of carbonyl (C=O) groups is 2. The molecule has 0 unspecified atom stereocenters. The summed E-state index contributed by atoms with van der Waals surface area (Å²) in [4.78, 5) is 40.0. The van der Waals surface area contributed by atoms with Crippen molar-refractivity contribution in [2.24, 2.45) is 0 Å². The standard InChI is InChI=1S/C54H84N6O4/c1-9-55(10-2)37-41-59(42-38-56(11-3)12-4)35-33-53(61)63-45-51-29-25-49(26-30-51)23-21-47-17-19-48(20-18-47)22-24-50-27-31-52(32-28-50)46-64-54(62)34-36-60(43-39-57(13-5)14-6)44-40-58(15-7)16-8/h17-32H,9-16,33-46H2,1-8H3/b23-21+,24-22+. The van der Waals surface area contributed by atoms with Gasteiger partial charge in [0.15, 0.2) is 0 Å². The highest BCUT2D eigenvalue weighted by Gasteiger charge is 2.14. The first-order valence-corrected chi connectivity index (χ1v) is 24.4. The number of ether oxygens (including phenoxy) is 2. The van der Waals surface area contributed by atoms with Gasteiger partial charge in [0.25, 0.3) is 0 Å². The first-order valence-electron chi connectivity index (χ1n) is 24.4. The molecule has 0 N–H and O–H groups in total. The van der Waals surface area contributed by atoms with Crippen molar-refractivity contribution in [1.82, 2.24) is 29.4 Å². The Morgan fingerprint density at radius 3 is 0.797 bits per heavy atom.